The lowest BCUT2D eigenvalue weighted by molar-refractivity contribution is -0.114. The summed E-state index contributed by atoms with van der Waals surface area (Å²) >= 11 is 1.68. The Kier molecular flexibility index (Phi) is 6.46. The second-order valence-electron chi connectivity index (χ2n) is 7.64. The molecule has 0 fully saturated rings. The van der Waals surface area contributed by atoms with Gasteiger partial charge in [-0.15, -0.1) is 11.3 Å². The number of fused-ring (bicyclic) bond motifs is 1. The van der Waals surface area contributed by atoms with Crippen LogP contribution in [0.5, 0.6) is 11.5 Å². The van der Waals surface area contributed by atoms with Crippen molar-refractivity contribution in [3.8, 4) is 21.9 Å². The molecule has 7 nitrogen and oxygen atoms in total. The summed E-state index contributed by atoms with van der Waals surface area (Å²) in [6, 6.07) is 15.8. The van der Waals surface area contributed by atoms with Crippen molar-refractivity contribution in [3.63, 3.8) is 0 Å². The molecule has 1 amide bonds. The van der Waals surface area contributed by atoms with Gasteiger partial charge in [0.25, 0.3) is 0 Å². The number of thiophene rings is 1. The van der Waals surface area contributed by atoms with Crippen LogP contribution in [0.1, 0.15) is 30.6 Å². The van der Waals surface area contributed by atoms with E-state index in [9.17, 15) is 4.79 Å². The summed E-state index contributed by atoms with van der Waals surface area (Å²) in [5.41, 5.74) is 2.58. The number of methoxy groups -OCH3 is 2. The molecule has 2 N–H and O–H groups in total. The number of amides is 1. The zero-order valence-corrected chi connectivity index (χ0v) is 20.0. The van der Waals surface area contributed by atoms with Crippen molar-refractivity contribution in [1.82, 2.24) is 9.97 Å². The molecule has 2 aromatic heterocycles. The highest BCUT2D eigenvalue weighted by atomic mass is 32.1. The first-order valence-corrected chi connectivity index (χ1v) is 11.3. The average Bonchev–Trinajstić information content (AvgIpc) is 3.28. The molecule has 0 unspecified atom stereocenters. The first kappa shape index (κ1) is 22.5. The van der Waals surface area contributed by atoms with Gasteiger partial charge in [0.2, 0.25) is 5.91 Å². The number of para-hydroxylation sites is 1. The number of aromatic nitrogens is 2. The molecule has 0 bridgehead atoms. The van der Waals surface area contributed by atoms with Crippen molar-refractivity contribution in [2.75, 3.05) is 24.9 Å². The minimum absolute atomic E-state index is 0.00211. The molecule has 0 saturated heterocycles. The van der Waals surface area contributed by atoms with Crippen molar-refractivity contribution < 1.29 is 14.3 Å². The molecule has 4 rings (SSSR count). The highest BCUT2D eigenvalue weighted by molar-refractivity contribution is 7.15. The Morgan fingerprint density at radius 3 is 2.48 bits per heavy atom. The van der Waals surface area contributed by atoms with Crippen molar-refractivity contribution in [1.29, 1.82) is 0 Å². The van der Waals surface area contributed by atoms with Crippen LogP contribution >= 0.6 is 11.3 Å². The van der Waals surface area contributed by atoms with E-state index in [4.69, 9.17) is 9.47 Å². The summed E-state index contributed by atoms with van der Waals surface area (Å²) in [4.78, 5) is 23.0. The summed E-state index contributed by atoms with van der Waals surface area (Å²) in [5.74, 6) is 2.57. The van der Waals surface area contributed by atoms with E-state index in [-0.39, 0.29) is 11.9 Å². The molecule has 1 atom stereocenters. The molecule has 2 aromatic carbocycles. The smallest absolute Gasteiger partial charge is 0.221 e. The van der Waals surface area contributed by atoms with E-state index in [0.29, 0.717) is 17.3 Å². The number of nitrogens with zero attached hydrogens (tertiary/aromatic N) is 2. The van der Waals surface area contributed by atoms with Gasteiger partial charge in [-0.25, -0.2) is 9.97 Å². The largest absolute Gasteiger partial charge is 0.493 e. The second kappa shape index (κ2) is 9.46. The van der Waals surface area contributed by atoms with Crippen molar-refractivity contribution in [2.45, 2.75) is 26.8 Å². The maximum absolute atomic E-state index is 11.6. The zero-order valence-electron chi connectivity index (χ0n) is 19.2. The molecule has 0 radical (unpaired) electrons. The van der Waals surface area contributed by atoms with Crippen LogP contribution in [0.25, 0.3) is 21.3 Å². The topological polar surface area (TPSA) is 85.4 Å². The van der Waals surface area contributed by atoms with Gasteiger partial charge in [0.1, 0.15) is 11.6 Å². The highest BCUT2D eigenvalue weighted by Gasteiger charge is 2.17. The molecule has 2 heterocycles. The van der Waals surface area contributed by atoms with E-state index >= 15 is 0 Å². The van der Waals surface area contributed by atoms with E-state index in [1.165, 1.54) is 6.92 Å². The van der Waals surface area contributed by atoms with E-state index < -0.39 is 0 Å². The van der Waals surface area contributed by atoms with E-state index in [0.717, 1.165) is 37.7 Å². The Labute approximate surface area is 196 Å². The fourth-order valence-electron chi connectivity index (χ4n) is 3.68. The maximum Gasteiger partial charge on any atom is 0.221 e. The van der Waals surface area contributed by atoms with Crippen LogP contribution in [0, 0.1) is 6.92 Å². The Hall–Kier alpha value is -3.65. The van der Waals surface area contributed by atoms with Gasteiger partial charge in [-0.2, -0.15) is 0 Å². The third-order valence-electron chi connectivity index (χ3n) is 5.22. The molecule has 0 aliphatic heterocycles. The first-order valence-electron chi connectivity index (χ1n) is 10.5. The number of nitrogens with one attached hydrogen (secondary N) is 2. The standard InChI is InChI=1S/C25H26N4O3S/c1-14(23-10-11-24(33-23)17-8-6-7-9-19(17)29-16(3)30)26-25-18-12-21(31-4)22(32-5)13-20(18)27-15(2)28-25/h6-14H,1-5H3,(H,29,30)(H,26,27,28)/t14-/m0/s1. The van der Waals surface area contributed by atoms with Gasteiger partial charge in [0.05, 0.1) is 25.8 Å². The summed E-state index contributed by atoms with van der Waals surface area (Å²) in [5, 5.41) is 7.30. The van der Waals surface area contributed by atoms with E-state index in [1.807, 2.05) is 43.3 Å². The number of aryl methyl sites for hydroxylation is 1. The predicted octanol–water partition coefficient (Wildman–Crippen LogP) is 5.82. The fraction of sp³-hybridized carbons (Fsp3) is 0.240. The minimum Gasteiger partial charge on any atom is -0.493 e. The van der Waals surface area contributed by atoms with Gasteiger partial charge < -0.3 is 20.1 Å². The molecule has 0 saturated carbocycles. The predicted molar refractivity (Wildman–Crippen MR) is 133 cm³/mol. The van der Waals surface area contributed by atoms with Gasteiger partial charge in [0, 0.05) is 39.4 Å². The molecular weight excluding hydrogens is 436 g/mol. The van der Waals surface area contributed by atoms with Gasteiger partial charge in [-0.05, 0) is 38.1 Å². The summed E-state index contributed by atoms with van der Waals surface area (Å²) in [7, 11) is 3.22. The summed E-state index contributed by atoms with van der Waals surface area (Å²) < 4.78 is 10.9. The number of ether oxygens (including phenoxy) is 2. The number of hydrogen-bond donors (Lipinski definition) is 2. The van der Waals surface area contributed by atoms with Gasteiger partial charge in [-0.1, -0.05) is 18.2 Å². The summed E-state index contributed by atoms with van der Waals surface area (Å²) in [6.07, 6.45) is 0. The van der Waals surface area contributed by atoms with Crippen molar-refractivity contribution in [2.24, 2.45) is 0 Å². The first-order chi connectivity index (χ1) is 15.9. The SMILES string of the molecule is COc1cc2nc(C)nc(N[C@@H](C)c3ccc(-c4ccccc4NC(C)=O)s3)c2cc1OC. The van der Waals surface area contributed by atoms with Gasteiger partial charge >= 0.3 is 0 Å². The quantitative estimate of drug-likeness (QED) is 0.360. The lowest BCUT2D eigenvalue weighted by atomic mass is 10.1. The van der Waals surface area contributed by atoms with Crippen LogP contribution in [0.2, 0.25) is 0 Å². The molecular formula is C25H26N4O3S. The van der Waals surface area contributed by atoms with Crippen LogP contribution in [0.4, 0.5) is 11.5 Å². The van der Waals surface area contributed by atoms with Crippen molar-refractivity contribution >= 4 is 39.7 Å². The monoisotopic (exact) mass is 462 g/mol. The average molecular weight is 463 g/mol. The third kappa shape index (κ3) is 4.75. The number of carbonyl (C=O) groups is 1. The van der Waals surface area contributed by atoms with Gasteiger partial charge in [-0.3, -0.25) is 4.79 Å². The zero-order chi connectivity index (χ0) is 23.5. The Balaban J connectivity index is 1.66. The lowest BCUT2D eigenvalue weighted by Gasteiger charge is -2.16. The third-order valence-corrected chi connectivity index (χ3v) is 6.52. The molecule has 8 heteroatoms. The summed E-state index contributed by atoms with van der Waals surface area (Å²) in [6.45, 7) is 5.48. The normalized spacial score (nSPS) is 11.8. The molecule has 4 aromatic rings. The van der Waals surface area contributed by atoms with E-state index in [2.05, 4.69) is 39.7 Å². The number of anilines is 2. The molecule has 0 aliphatic rings. The minimum atomic E-state index is -0.0904. The van der Waals surface area contributed by atoms with Crippen LogP contribution in [-0.2, 0) is 4.79 Å². The number of hydrogen-bond acceptors (Lipinski definition) is 7. The van der Waals surface area contributed by atoms with Crippen LogP contribution < -0.4 is 20.1 Å². The molecule has 33 heavy (non-hydrogen) atoms. The fourth-order valence-corrected chi connectivity index (χ4v) is 4.73. The maximum atomic E-state index is 11.6. The number of rotatable bonds is 7. The van der Waals surface area contributed by atoms with Crippen LogP contribution in [0.15, 0.2) is 48.5 Å². The lowest BCUT2D eigenvalue weighted by Crippen LogP contribution is -2.08. The van der Waals surface area contributed by atoms with E-state index in [1.54, 1.807) is 25.6 Å². The Morgan fingerprint density at radius 2 is 1.76 bits per heavy atom. The molecule has 0 aliphatic carbocycles. The van der Waals surface area contributed by atoms with Crippen LogP contribution in [-0.4, -0.2) is 30.1 Å². The second-order valence-corrected chi connectivity index (χ2v) is 8.75. The Bertz CT molecular complexity index is 1320. The Morgan fingerprint density at radius 1 is 1.03 bits per heavy atom. The van der Waals surface area contributed by atoms with Crippen LogP contribution in [0.3, 0.4) is 0 Å². The van der Waals surface area contributed by atoms with Gasteiger partial charge in [0.15, 0.2) is 11.5 Å². The number of carbonyl (C=O) groups excluding carboxylic acids is 1. The molecule has 170 valence electrons. The molecule has 0 spiro atoms. The highest BCUT2D eigenvalue weighted by Crippen LogP contribution is 2.38. The number of benzene rings is 2. The van der Waals surface area contributed by atoms with Crippen molar-refractivity contribution in [3.05, 3.63) is 59.2 Å².